The zero-order valence-electron chi connectivity index (χ0n) is 39.0. The second kappa shape index (κ2) is 38.6. The van der Waals surface area contributed by atoms with E-state index in [4.69, 9.17) is 9.05 Å². The Kier molecular flexibility index (Phi) is 36.9. The molecule has 0 aromatic heterocycles. The summed E-state index contributed by atoms with van der Waals surface area (Å²) in [7, 11) is -5.05. The number of amides is 1. The van der Waals surface area contributed by atoms with Crippen molar-refractivity contribution in [2.75, 3.05) is 6.61 Å². The second-order valence-corrected chi connectivity index (χ2v) is 19.8. The molecule has 0 bridgehead atoms. The first-order chi connectivity index (χ1) is 29.4. The Bertz CT molecular complexity index is 1040. The largest absolute Gasteiger partial charge is 0.472 e. The third kappa shape index (κ3) is 30.2. The molecule has 1 rings (SSSR count). The van der Waals surface area contributed by atoms with E-state index < -0.39 is 63.2 Å². The van der Waals surface area contributed by atoms with Gasteiger partial charge in [0.25, 0.3) is 0 Å². The fraction of sp³-hybridized carbons (Fsp3) is 0.979. The molecular weight excluding hydrogens is 797 g/mol. The number of hydrogen-bond acceptors (Lipinski definition) is 10. The number of aliphatic hydroxyl groups excluding tert-OH is 6. The van der Waals surface area contributed by atoms with Gasteiger partial charge in [0.1, 0.15) is 36.6 Å². The Morgan fingerprint density at radius 3 is 1.13 bits per heavy atom. The summed E-state index contributed by atoms with van der Waals surface area (Å²) >= 11 is 0. The van der Waals surface area contributed by atoms with E-state index in [1.807, 2.05) is 0 Å². The van der Waals surface area contributed by atoms with E-state index in [9.17, 15) is 44.9 Å². The Hall–Kier alpha value is -0.660. The van der Waals surface area contributed by atoms with Crippen LogP contribution in [0.15, 0.2) is 0 Å². The molecule has 1 saturated carbocycles. The van der Waals surface area contributed by atoms with Crippen LogP contribution in [-0.4, -0.2) is 96.8 Å². The number of rotatable bonds is 43. The highest BCUT2D eigenvalue weighted by Crippen LogP contribution is 2.47. The number of nitrogens with one attached hydrogen (secondary N) is 1. The molecule has 0 heterocycles. The highest BCUT2D eigenvalue weighted by molar-refractivity contribution is 7.47. The van der Waals surface area contributed by atoms with Crippen molar-refractivity contribution in [2.45, 2.75) is 294 Å². The van der Waals surface area contributed by atoms with E-state index in [2.05, 4.69) is 19.2 Å². The molecule has 0 aliphatic heterocycles. The Morgan fingerprint density at radius 2 is 0.787 bits per heavy atom. The van der Waals surface area contributed by atoms with Crippen LogP contribution in [0.25, 0.3) is 0 Å². The third-order valence-electron chi connectivity index (χ3n) is 12.7. The van der Waals surface area contributed by atoms with Crippen LogP contribution in [-0.2, 0) is 18.4 Å². The van der Waals surface area contributed by atoms with Gasteiger partial charge >= 0.3 is 7.82 Å². The molecule has 0 aromatic rings. The summed E-state index contributed by atoms with van der Waals surface area (Å²) in [6.07, 6.45) is 29.9. The van der Waals surface area contributed by atoms with Gasteiger partial charge in [-0.3, -0.25) is 13.8 Å². The number of carbonyl (C=O) groups is 1. The van der Waals surface area contributed by atoms with Crippen LogP contribution in [0.3, 0.4) is 0 Å². The lowest BCUT2D eigenvalue weighted by Gasteiger charge is -2.41. The molecule has 1 fully saturated rings. The molecule has 1 aliphatic rings. The van der Waals surface area contributed by atoms with Gasteiger partial charge in [-0.2, -0.15) is 0 Å². The van der Waals surface area contributed by atoms with Crippen molar-refractivity contribution in [3.63, 3.8) is 0 Å². The maximum absolute atomic E-state index is 13.0. The van der Waals surface area contributed by atoms with Crippen LogP contribution in [0.1, 0.15) is 245 Å². The zero-order valence-corrected chi connectivity index (χ0v) is 39.9. The second-order valence-electron chi connectivity index (χ2n) is 18.4. The summed E-state index contributed by atoms with van der Waals surface area (Å²) in [5.41, 5.74) is 0. The maximum Gasteiger partial charge on any atom is 0.472 e. The molecule has 12 nitrogen and oxygen atoms in total. The van der Waals surface area contributed by atoms with Gasteiger partial charge in [-0.05, 0) is 12.8 Å². The van der Waals surface area contributed by atoms with Crippen LogP contribution in [0.4, 0.5) is 0 Å². The minimum absolute atomic E-state index is 0.243. The minimum Gasteiger partial charge on any atom is -0.391 e. The highest BCUT2D eigenvalue weighted by atomic mass is 31.2. The molecule has 0 spiro atoms. The topological polar surface area (TPSA) is 206 Å². The van der Waals surface area contributed by atoms with Crippen molar-refractivity contribution >= 4 is 13.7 Å². The highest BCUT2D eigenvalue weighted by Gasteiger charge is 2.51. The van der Waals surface area contributed by atoms with Crippen molar-refractivity contribution in [3.05, 3.63) is 0 Å². The molecule has 1 amide bonds. The first-order valence-corrected chi connectivity index (χ1v) is 27.0. The van der Waals surface area contributed by atoms with Gasteiger partial charge in [-0.1, -0.05) is 226 Å². The predicted molar refractivity (Wildman–Crippen MR) is 246 cm³/mol. The summed E-state index contributed by atoms with van der Waals surface area (Å²) in [4.78, 5) is 23.5. The molecule has 0 radical (unpaired) electrons. The van der Waals surface area contributed by atoms with Gasteiger partial charge < -0.3 is 40.8 Å². The van der Waals surface area contributed by atoms with E-state index in [1.165, 1.54) is 167 Å². The molecule has 9 atom stereocenters. The molecule has 1 aliphatic carbocycles. The average molecular weight is 894 g/mol. The molecule has 0 aromatic carbocycles. The van der Waals surface area contributed by atoms with Crippen molar-refractivity contribution in [1.82, 2.24) is 5.32 Å². The Labute approximate surface area is 372 Å². The van der Waals surface area contributed by atoms with Crippen LogP contribution in [0.5, 0.6) is 0 Å². The van der Waals surface area contributed by atoms with E-state index in [0.29, 0.717) is 19.3 Å². The first kappa shape index (κ1) is 58.4. The number of phosphoric ester groups is 1. The number of aliphatic hydroxyl groups is 6. The lowest BCUT2D eigenvalue weighted by Crippen LogP contribution is -2.64. The number of carbonyl (C=O) groups excluding carboxylic acids is 1. The van der Waals surface area contributed by atoms with Crippen LogP contribution >= 0.6 is 7.82 Å². The van der Waals surface area contributed by atoms with Gasteiger partial charge in [0.2, 0.25) is 5.91 Å². The third-order valence-corrected chi connectivity index (χ3v) is 13.7. The minimum atomic E-state index is -5.05. The maximum atomic E-state index is 13.0. The van der Waals surface area contributed by atoms with Gasteiger partial charge in [-0.15, -0.1) is 0 Å². The van der Waals surface area contributed by atoms with E-state index >= 15 is 0 Å². The van der Waals surface area contributed by atoms with Crippen molar-refractivity contribution in [1.29, 1.82) is 0 Å². The van der Waals surface area contributed by atoms with Crippen molar-refractivity contribution in [2.24, 2.45) is 0 Å². The van der Waals surface area contributed by atoms with Crippen molar-refractivity contribution < 1.29 is 53.9 Å². The fourth-order valence-electron chi connectivity index (χ4n) is 8.50. The van der Waals surface area contributed by atoms with E-state index in [-0.39, 0.29) is 12.3 Å². The summed E-state index contributed by atoms with van der Waals surface area (Å²) < 4.78 is 23.0. The number of hydrogen-bond donors (Lipinski definition) is 8. The average Bonchev–Trinajstić information content (AvgIpc) is 3.24. The molecule has 13 heteroatoms. The summed E-state index contributed by atoms with van der Waals surface area (Å²) in [5, 5.41) is 64.3. The molecule has 364 valence electrons. The normalized spacial score (nSPS) is 22.6. The van der Waals surface area contributed by atoms with E-state index in [1.54, 1.807) is 0 Å². The van der Waals surface area contributed by atoms with Crippen LogP contribution < -0.4 is 5.32 Å². The summed E-state index contributed by atoms with van der Waals surface area (Å²) in [5.74, 6) is -0.303. The summed E-state index contributed by atoms with van der Waals surface area (Å²) in [6.45, 7) is 3.92. The molecule has 8 N–H and O–H groups in total. The predicted octanol–water partition coefficient (Wildman–Crippen LogP) is 10.2. The van der Waals surface area contributed by atoms with E-state index in [0.717, 1.165) is 38.5 Å². The number of phosphoric acid groups is 1. The smallest absolute Gasteiger partial charge is 0.391 e. The van der Waals surface area contributed by atoms with Gasteiger partial charge in [0.05, 0.1) is 18.8 Å². The monoisotopic (exact) mass is 894 g/mol. The zero-order chi connectivity index (χ0) is 45.0. The van der Waals surface area contributed by atoms with Gasteiger partial charge in [0.15, 0.2) is 0 Å². The lowest BCUT2D eigenvalue weighted by atomic mass is 9.85. The van der Waals surface area contributed by atoms with Crippen LogP contribution in [0.2, 0.25) is 0 Å². The SMILES string of the molecule is CCCCCCCCCCCCCCCCCCCCCC(=O)N[C@@H](COP(=O)(O)OC1[C@H](O)[C@H](O)C(O)[C@H](O)[C@H]1O)[C@H](O)CCCCCCCCCCCCCCCCC. The fourth-order valence-corrected chi connectivity index (χ4v) is 9.46. The molecule has 0 saturated heterocycles. The van der Waals surface area contributed by atoms with Crippen molar-refractivity contribution in [3.8, 4) is 0 Å². The standard InChI is InChI=1S/C48H96NO11P/c1-3-5-7-9-11-13-15-17-19-20-21-22-24-26-28-30-32-34-36-38-42(51)49-40(39-59-61(57,58)60-48-46(55)44(53)43(52)45(54)47(48)56)41(50)37-35-33-31-29-27-25-23-18-16-14-12-10-8-6-4-2/h40-41,43-48,50,52-56H,3-39H2,1-2H3,(H,49,51)(H,57,58)/t40-,41+,43?,44-,45+,46+,47+,48?/m0/s1. The molecule has 61 heavy (non-hydrogen) atoms. The molecular formula is C48H96NO11P. The lowest BCUT2D eigenvalue weighted by molar-refractivity contribution is -0.220. The van der Waals surface area contributed by atoms with Gasteiger partial charge in [-0.25, -0.2) is 4.57 Å². The van der Waals surface area contributed by atoms with Crippen LogP contribution in [0, 0.1) is 0 Å². The Balaban J connectivity index is 2.40. The van der Waals surface area contributed by atoms with Gasteiger partial charge in [0, 0.05) is 6.42 Å². The quantitative estimate of drug-likeness (QED) is 0.0214. The Morgan fingerprint density at radius 1 is 0.492 bits per heavy atom. The molecule has 3 unspecified atom stereocenters. The first-order valence-electron chi connectivity index (χ1n) is 25.5. The number of unbranched alkanes of at least 4 members (excludes halogenated alkanes) is 32. The summed E-state index contributed by atoms with van der Waals surface area (Å²) in [6, 6.07) is -1.03.